The Morgan fingerprint density at radius 2 is 1.66 bits per heavy atom. The van der Waals surface area contributed by atoms with Gasteiger partial charge in [-0.15, -0.1) is 0 Å². The largest absolute Gasteiger partial charge is 0.339 e. The number of carbonyl (C=O) groups excluding carboxylic acids is 2. The van der Waals surface area contributed by atoms with Crippen molar-refractivity contribution in [3.8, 4) is 6.07 Å². The topological polar surface area (TPSA) is 96.8 Å². The maximum absolute atomic E-state index is 14.7. The molecule has 0 unspecified atom stereocenters. The molecule has 0 bridgehead atoms. The third-order valence-electron chi connectivity index (χ3n) is 13.7. The summed E-state index contributed by atoms with van der Waals surface area (Å²) in [4.78, 5) is 33.0. The van der Waals surface area contributed by atoms with Gasteiger partial charge in [0, 0.05) is 22.7 Å². The van der Waals surface area contributed by atoms with Gasteiger partial charge in [0.2, 0.25) is 5.89 Å². The molecule has 4 fully saturated rings. The summed E-state index contributed by atoms with van der Waals surface area (Å²) in [7, 11) is 0. The molecule has 7 rings (SSSR count). The fourth-order valence-electron chi connectivity index (χ4n) is 10.9. The number of hydrogen-bond donors (Lipinski definition) is 0. The van der Waals surface area contributed by atoms with E-state index < -0.39 is 10.8 Å². The molecule has 218 valence electrons. The van der Waals surface area contributed by atoms with Gasteiger partial charge >= 0.3 is 0 Å². The van der Waals surface area contributed by atoms with Crippen LogP contribution in [0.3, 0.4) is 0 Å². The molecule has 0 aliphatic heterocycles. The van der Waals surface area contributed by atoms with Crippen molar-refractivity contribution in [2.75, 3.05) is 0 Å². The van der Waals surface area contributed by atoms with E-state index in [0.29, 0.717) is 5.92 Å². The second kappa shape index (κ2) is 8.08. The SMILES string of the molecule is CC1(C)CC[C@]2(c3nc(C4CC4)no3)CC[C@]3(C)[C@H](C(=O)C=C4[C@@]5(C)C=C(C#N)C(=O)C(C)(C)[C@@H]5CC[C@]43C)[C@@H]2C1. The number of Topliss-reactive ketones (excluding diaryl/α,β-unsaturated/α-hetero) is 1. The van der Waals surface area contributed by atoms with Gasteiger partial charge in [0.05, 0.1) is 11.0 Å². The lowest BCUT2D eigenvalue weighted by Gasteiger charge is -2.68. The highest BCUT2D eigenvalue weighted by Crippen LogP contribution is 2.74. The van der Waals surface area contributed by atoms with Gasteiger partial charge in [-0.2, -0.15) is 10.2 Å². The maximum Gasteiger partial charge on any atom is 0.233 e. The lowest BCUT2D eigenvalue weighted by Crippen LogP contribution is -2.65. The molecule has 1 aromatic heterocycles. The highest BCUT2D eigenvalue weighted by Gasteiger charge is 2.70. The number of nitrogens with zero attached hydrogens (tertiary/aromatic N) is 3. The van der Waals surface area contributed by atoms with Crippen LogP contribution in [0.25, 0.3) is 0 Å². The smallest absolute Gasteiger partial charge is 0.233 e. The monoisotopic (exact) mass is 555 g/mol. The zero-order valence-corrected chi connectivity index (χ0v) is 25.9. The average molecular weight is 556 g/mol. The Morgan fingerprint density at radius 1 is 0.951 bits per heavy atom. The maximum atomic E-state index is 14.7. The Labute approximate surface area is 244 Å². The van der Waals surface area contributed by atoms with Crippen molar-refractivity contribution in [2.45, 2.75) is 118 Å². The molecule has 0 radical (unpaired) electrons. The van der Waals surface area contributed by atoms with Crippen LogP contribution in [0.15, 0.2) is 27.8 Å². The second-order valence-corrected chi connectivity index (χ2v) is 16.6. The molecular formula is C35H45N3O3. The second-order valence-electron chi connectivity index (χ2n) is 16.6. The van der Waals surface area contributed by atoms with Gasteiger partial charge in [-0.1, -0.05) is 65.3 Å². The molecule has 0 spiro atoms. The van der Waals surface area contributed by atoms with Crippen LogP contribution < -0.4 is 0 Å². The van der Waals surface area contributed by atoms with Gasteiger partial charge < -0.3 is 4.52 Å². The lowest BCUT2D eigenvalue weighted by molar-refractivity contribution is -0.161. The van der Waals surface area contributed by atoms with E-state index in [2.05, 4.69) is 45.8 Å². The number of allylic oxidation sites excluding steroid dienone is 4. The first kappa shape index (κ1) is 27.3. The summed E-state index contributed by atoms with van der Waals surface area (Å²) in [6.45, 7) is 15.7. The minimum atomic E-state index is -0.649. The molecule has 7 atom stereocenters. The van der Waals surface area contributed by atoms with E-state index in [1.54, 1.807) is 0 Å². The zero-order valence-electron chi connectivity index (χ0n) is 25.9. The molecule has 0 N–H and O–H groups in total. The molecule has 0 aromatic carbocycles. The van der Waals surface area contributed by atoms with Crippen LogP contribution >= 0.6 is 0 Å². The zero-order chi connectivity index (χ0) is 29.4. The van der Waals surface area contributed by atoms with Crippen LogP contribution in [0.2, 0.25) is 0 Å². The van der Waals surface area contributed by atoms with Crippen molar-refractivity contribution >= 4 is 11.6 Å². The predicted molar refractivity (Wildman–Crippen MR) is 154 cm³/mol. The molecule has 41 heavy (non-hydrogen) atoms. The molecule has 4 saturated carbocycles. The first-order valence-corrected chi connectivity index (χ1v) is 15.9. The number of ketones is 2. The Balaban J connectivity index is 1.38. The van der Waals surface area contributed by atoms with Crippen LogP contribution in [0.1, 0.15) is 124 Å². The molecule has 6 nitrogen and oxygen atoms in total. The lowest BCUT2D eigenvalue weighted by atomic mass is 9.34. The van der Waals surface area contributed by atoms with E-state index in [0.717, 1.165) is 75.1 Å². The van der Waals surface area contributed by atoms with Crippen LogP contribution in [0.5, 0.6) is 0 Å². The Bertz CT molecular complexity index is 1470. The van der Waals surface area contributed by atoms with E-state index in [9.17, 15) is 14.9 Å². The summed E-state index contributed by atoms with van der Waals surface area (Å²) in [5, 5.41) is 14.4. The van der Waals surface area contributed by atoms with Gasteiger partial charge in [-0.05, 0) is 91.9 Å². The molecule has 1 heterocycles. The van der Waals surface area contributed by atoms with Crippen molar-refractivity contribution in [1.82, 2.24) is 10.1 Å². The number of rotatable bonds is 2. The standard InChI is InChI=1S/C35H45N3O3/c1-30(2)12-14-35(29-37-28(38-41-29)20-8-9-20)15-13-34(7)26(22(35)18-30)23(39)16-25-32(5)17-21(19-36)27(40)31(3,4)24(32)10-11-33(25,34)6/h16-17,20,22,24,26H,8-15,18H2,1-7H3/t22-,24-,26-,32-,33+,34+,35-/m0/s1. The van der Waals surface area contributed by atoms with Crippen molar-refractivity contribution in [3.05, 3.63) is 35.0 Å². The number of hydrogen-bond acceptors (Lipinski definition) is 6. The highest BCUT2D eigenvalue weighted by molar-refractivity contribution is 6.04. The molecular weight excluding hydrogens is 510 g/mol. The van der Waals surface area contributed by atoms with E-state index in [4.69, 9.17) is 9.51 Å². The fraction of sp³-hybridized carbons (Fsp3) is 0.743. The highest BCUT2D eigenvalue weighted by atomic mass is 16.5. The molecule has 0 amide bonds. The molecule has 0 saturated heterocycles. The Morgan fingerprint density at radius 3 is 2.34 bits per heavy atom. The minimum Gasteiger partial charge on any atom is -0.339 e. The van der Waals surface area contributed by atoms with Gasteiger partial charge in [0.25, 0.3) is 0 Å². The van der Waals surface area contributed by atoms with Gasteiger partial charge in [0.15, 0.2) is 17.4 Å². The first-order chi connectivity index (χ1) is 19.1. The number of aromatic nitrogens is 2. The van der Waals surface area contributed by atoms with E-state index in [1.807, 2.05) is 26.0 Å². The molecule has 6 aliphatic rings. The first-order valence-electron chi connectivity index (χ1n) is 15.9. The van der Waals surface area contributed by atoms with E-state index >= 15 is 0 Å². The summed E-state index contributed by atoms with van der Waals surface area (Å²) in [6.07, 6.45) is 13.0. The summed E-state index contributed by atoms with van der Waals surface area (Å²) >= 11 is 0. The number of nitriles is 1. The van der Waals surface area contributed by atoms with Crippen LogP contribution in [0, 0.1) is 56.2 Å². The summed E-state index contributed by atoms with van der Waals surface area (Å²) < 4.78 is 6.10. The Kier molecular flexibility index (Phi) is 5.38. The van der Waals surface area contributed by atoms with Gasteiger partial charge in [0.1, 0.15) is 6.07 Å². The van der Waals surface area contributed by atoms with E-state index in [1.165, 1.54) is 0 Å². The molecule has 6 heteroatoms. The van der Waals surface area contributed by atoms with Gasteiger partial charge in [-0.25, -0.2) is 0 Å². The Hall–Kier alpha value is -2.55. The summed E-state index contributed by atoms with van der Waals surface area (Å²) in [5.74, 6) is 2.30. The average Bonchev–Trinajstić information content (AvgIpc) is 3.63. The minimum absolute atomic E-state index is 0.0578. The van der Waals surface area contributed by atoms with Crippen molar-refractivity contribution < 1.29 is 14.1 Å². The van der Waals surface area contributed by atoms with Crippen LogP contribution in [0.4, 0.5) is 0 Å². The van der Waals surface area contributed by atoms with Crippen molar-refractivity contribution in [3.63, 3.8) is 0 Å². The van der Waals surface area contributed by atoms with Gasteiger partial charge in [-0.3, -0.25) is 9.59 Å². The van der Waals surface area contributed by atoms with E-state index in [-0.39, 0.29) is 56.6 Å². The van der Waals surface area contributed by atoms with Crippen molar-refractivity contribution in [2.24, 2.45) is 44.8 Å². The fourth-order valence-corrected chi connectivity index (χ4v) is 10.9. The molecule has 1 aromatic rings. The third kappa shape index (κ3) is 3.35. The molecule has 6 aliphatic carbocycles. The summed E-state index contributed by atoms with van der Waals surface area (Å²) in [5.41, 5.74) is -0.339. The van der Waals surface area contributed by atoms with Crippen LogP contribution in [-0.4, -0.2) is 21.7 Å². The summed E-state index contributed by atoms with van der Waals surface area (Å²) in [6, 6.07) is 2.21. The van der Waals surface area contributed by atoms with Crippen LogP contribution in [-0.2, 0) is 15.0 Å². The predicted octanol–water partition coefficient (Wildman–Crippen LogP) is 7.42. The normalized spacial score (nSPS) is 44.4. The number of fused-ring (bicyclic) bond motifs is 7. The third-order valence-corrected chi connectivity index (χ3v) is 13.7. The van der Waals surface area contributed by atoms with Crippen molar-refractivity contribution in [1.29, 1.82) is 5.26 Å². The quantitative estimate of drug-likeness (QED) is 0.377. The number of carbonyl (C=O) groups is 2.